The fraction of sp³-hybridized carbons (Fsp3) is 0.250. The SMILES string of the molecule is COC(=O)C#CCc1ccccc1C. The van der Waals surface area contributed by atoms with Crippen LogP contribution in [-0.4, -0.2) is 13.1 Å². The smallest absolute Gasteiger partial charge is 0.384 e. The molecule has 2 nitrogen and oxygen atoms in total. The zero-order valence-corrected chi connectivity index (χ0v) is 8.33. The van der Waals surface area contributed by atoms with Gasteiger partial charge in [-0.2, -0.15) is 0 Å². The van der Waals surface area contributed by atoms with Gasteiger partial charge in [-0.3, -0.25) is 0 Å². The lowest BCUT2D eigenvalue weighted by atomic mass is 10.1. The van der Waals surface area contributed by atoms with Gasteiger partial charge in [-0.05, 0) is 18.1 Å². The maximum atomic E-state index is 10.7. The predicted molar refractivity (Wildman–Crippen MR) is 54.7 cm³/mol. The molecule has 0 aliphatic heterocycles. The molecule has 0 heterocycles. The zero-order valence-electron chi connectivity index (χ0n) is 8.33. The van der Waals surface area contributed by atoms with E-state index in [4.69, 9.17) is 0 Å². The van der Waals surface area contributed by atoms with Crippen LogP contribution >= 0.6 is 0 Å². The van der Waals surface area contributed by atoms with Crippen molar-refractivity contribution >= 4 is 5.97 Å². The van der Waals surface area contributed by atoms with Gasteiger partial charge in [-0.1, -0.05) is 30.2 Å². The van der Waals surface area contributed by atoms with E-state index >= 15 is 0 Å². The monoisotopic (exact) mass is 188 g/mol. The number of carbonyl (C=O) groups excluding carboxylic acids is 1. The number of esters is 1. The third-order valence-corrected chi connectivity index (χ3v) is 1.92. The van der Waals surface area contributed by atoms with Crippen molar-refractivity contribution in [3.8, 4) is 11.8 Å². The Labute approximate surface area is 83.9 Å². The Bertz CT molecular complexity index is 383. The number of rotatable bonds is 1. The van der Waals surface area contributed by atoms with Gasteiger partial charge in [0.15, 0.2) is 0 Å². The highest BCUT2D eigenvalue weighted by molar-refractivity contribution is 5.88. The molecule has 0 saturated heterocycles. The summed E-state index contributed by atoms with van der Waals surface area (Å²) in [6.45, 7) is 2.02. The molecule has 0 aliphatic carbocycles. The summed E-state index contributed by atoms with van der Waals surface area (Å²) in [5.74, 6) is 4.68. The first kappa shape index (κ1) is 10.3. The highest BCUT2D eigenvalue weighted by atomic mass is 16.5. The number of methoxy groups -OCH3 is 1. The second-order valence-corrected chi connectivity index (χ2v) is 2.90. The molecule has 1 aromatic rings. The van der Waals surface area contributed by atoms with Gasteiger partial charge >= 0.3 is 5.97 Å². The van der Waals surface area contributed by atoms with Crippen molar-refractivity contribution in [1.82, 2.24) is 0 Å². The van der Waals surface area contributed by atoms with Crippen molar-refractivity contribution in [2.45, 2.75) is 13.3 Å². The van der Waals surface area contributed by atoms with Crippen LogP contribution in [0.25, 0.3) is 0 Å². The van der Waals surface area contributed by atoms with E-state index in [9.17, 15) is 4.79 Å². The molecule has 0 spiro atoms. The van der Waals surface area contributed by atoms with Crippen LogP contribution in [0.4, 0.5) is 0 Å². The van der Waals surface area contributed by atoms with Crippen molar-refractivity contribution < 1.29 is 9.53 Å². The predicted octanol–water partition coefficient (Wildman–Crippen LogP) is 1.71. The molecule has 0 saturated carbocycles. The summed E-state index contributed by atoms with van der Waals surface area (Å²) in [4.78, 5) is 10.7. The molecule has 0 N–H and O–H groups in total. The average molecular weight is 188 g/mol. The molecule has 1 rings (SSSR count). The number of aryl methyl sites for hydroxylation is 1. The van der Waals surface area contributed by atoms with E-state index in [1.54, 1.807) is 0 Å². The molecule has 0 aromatic heterocycles. The summed E-state index contributed by atoms with van der Waals surface area (Å²) in [6, 6.07) is 7.96. The van der Waals surface area contributed by atoms with E-state index < -0.39 is 5.97 Å². The number of ether oxygens (including phenoxy) is 1. The van der Waals surface area contributed by atoms with Gasteiger partial charge < -0.3 is 4.74 Å². The van der Waals surface area contributed by atoms with Crippen molar-refractivity contribution in [2.75, 3.05) is 7.11 Å². The van der Waals surface area contributed by atoms with E-state index in [1.807, 2.05) is 31.2 Å². The Hall–Kier alpha value is -1.75. The number of carbonyl (C=O) groups is 1. The van der Waals surface area contributed by atoms with Crippen LogP contribution in [0.15, 0.2) is 24.3 Å². The van der Waals surface area contributed by atoms with Gasteiger partial charge in [0.05, 0.1) is 7.11 Å². The van der Waals surface area contributed by atoms with Crippen molar-refractivity contribution in [1.29, 1.82) is 0 Å². The largest absolute Gasteiger partial charge is 0.459 e. The van der Waals surface area contributed by atoms with E-state index in [0.717, 1.165) is 5.56 Å². The van der Waals surface area contributed by atoms with Gasteiger partial charge in [0.1, 0.15) is 0 Å². The molecular weight excluding hydrogens is 176 g/mol. The first-order chi connectivity index (χ1) is 6.74. The van der Waals surface area contributed by atoms with E-state index in [-0.39, 0.29) is 0 Å². The molecule has 0 amide bonds. The van der Waals surface area contributed by atoms with Crippen LogP contribution < -0.4 is 0 Å². The van der Waals surface area contributed by atoms with Crippen molar-refractivity contribution in [2.24, 2.45) is 0 Å². The van der Waals surface area contributed by atoms with Gasteiger partial charge in [0.2, 0.25) is 0 Å². The Morgan fingerprint density at radius 2 is 2.14 bits per heavy atom. The summed E-state index contributed by atoms with van der Waals surface area (Å²) in [5, 5.41) is 0. The first-order valence-electron chi connectivity index (χ1n) is 4.35. The van der Waals surface area contributed by atoms with Gasteiger partial charge in [-0.25, -0.2) is 4.79 Å². The Kier molecular flexibility index (Phi) is 3.75. The van der Waals surface area contributed by atoms with Crippen LogP contribution in [-0.2, 0) is 16.0 Å². The van der Waals surface area contributed by atoms with E-state index in [1.165, 1.54) is 12.7 Å². The normalized spacial score (nSPS) is 8.71. The molecular formula is C12H12O2. The fourth-order valence-electron chi connectivity index (χ4n) is 1.07. The molecule has 0 unspecified atom stereocenters. The molecule has 0 radical (unpaired) electrons. The highest BCUT2D eigenvalue weighted by Gasteiger charge is 1.94. The Morgan fingerprint density at radius 1 is 1.43 bits per heavy atom. The molecule has 0 fully saturated rings. The third-order valence-electron chi connectivity index (χ3n) is 1.92. The molecule has 2 heteroatoms. The van der Waals surface area contributed by atoms with Crippen molar-refractivity contribution in [3.63, 3.8) is 0 Å². The minimum absolute atomic E-state index is 0.487. The lowest BCUT2D eigenvalue weighted by Gasteiger charge is -1.98. The Balaban J connectivity index is 2.65. The Morgan fingerprint density at radius 3 is 2.79 bits per heavy atom. The molecule has 72 valence electrons. The van der Waals surface area contributed by atoms with Gasteiger partial charge in [-0.15, -0.1) is 0 Å². The maximum Gasteiger partial charge on any atom is 0.384 e. The minimum atomic E-state index is -0.487. The lowest BCUT2D eigenvalue weighted by molar-refractivity contribution is -0.133. The summed E-state index contributed by atoms with van der Waals surface area (Å²) in [6.07, 6.45) is 0.585. The van der Waals surface area contributed by atoms with Crippen molar-refractivity contribution in [3.05, 3.63) is 35.4 Å². The summed E-state index contributed by atoms with van der Waals surface area (Å²) in [7, 11) is 1.32. The minimum Gasteiger partial charge on any atom is -0.459 e. The summed E-state index contributed by atoms with van der Waals surface area (Å²) in [5.41, 5.74) is 2.33. The molecule has 1 aromatic carbocycles. The quantitative estimate of drug-likeness (QED) is 0.381. The lowest BCUT2D eigenvalue weighted by Crippen LogP contribution is -1.95. The number of benzene rings is 1. The van der Waals surface area contributed by atoms with Crippen LogP contribution in [0.5, 0.6) is 0 Å². The number of hydrogen-bond acceptors (Lipinski definition) is 2. The van der Waals surface area contributed by atoms with Crippen LogP contribution in [0.2, 0.25) is 0 Å². The molecule has 0 atom stereocenters. The fourth-order valence-corrected chi connectivity index (χ4v) is 1.07. The molecule has 0 aliphatic rings. The molecule has 14 heavy (non-hydrogen) atoms. The van der Waals surface area contributed by atoms with Crippen LogP contribution in [0.1, 0.15) is 11.1 Å². The topological polar surface area (TPSA) is 26.3 Å². The maximum absolute atomic E-state index is 10.7. The highest BCUT2D eigenvalue weighted by Crippen LogP contribution is 2.06. The average Bonchev–Trinajstić information content (AvgIpc) is 2.20. The van der Waals surface area contributed by atoms with Gasteiger partial charge in [0, 0.05) is 12.3 Å². The zero-order chi connectivity index (χ0) is 10.4. The van der Waals surface area contributed by atoms with E-state index in [0.29, 0.717) is 6.42 Å². The standard InChI is InChI=1S/C12H12O2/c1-10-6-3-4-7-11(10)8-5-9-12(13)14-2/h3-4,6-7H,8H2,1-2H3. The third kappa shape index (κ3) is 2.95. The second kappa shape index (κ2) is 5.08. The summed E-state index contributed by atoms with van der Waals surface area (Å²) >= 11 is 0. The second-order valence-electron chi connectivity index (χ2n) is 2.90. The van der Waals surface area contributed by atoms with Crippen LogP contribution in [0, 0.1) is 18.8 Å². The molecule has 0 bridgehead atoms. The van der Waals surface area contributed by atoms with E-state index in [2.05, 4.69) is 16.6 Å². The van der Waals surface area contributed by atoms with Crippen LogP contribution in [0.3, 0.4) is 0 Å². The van der Waals surface area contributed by atoms with Gasteiger partial charge in [0.25, 0.3) is 0 Å². The first-order valence-corrected chi connectivity index (χ1v) is 4.35. The summed E-state index contributed by atoms with van der Waals surface area (Å²) < 4.78 is 4.41. The number of hydrogen-bond donors (Lipinski definition) is 0.